The first-order valence-corrected chi connectivity index (χ1v) is 5.89. The minimum Gasteiger partial charge on any atom is -0.396 e. The third kappa shape index (κ3) is 5.47. The largest absolute Gasteiger partial charge is 0.396 e. The van der Waals surface area contributed by atoms with E-state index in [0.29, 0.717) is 13.0 Å². The Bertz CT molecular complexity index is 225. The number of amides is 1. The van der Waals surface area contributed by atoms with Gasteiger partial charge in [-0.2, -0.15) is 0 Å². The Hall–Kier alpha value is -0.610. The molecule has 1 amide bonds. The lowest BCUT2D eigenvalue weighted by Crippen LogP contribution is -2.54. The Balaban J connectivity index is 4.16. The molecular weight excluding hydrogens is 204 g/mol. The van der Waals surface area contributed by atoms with Gasteiger partial charge in [-0.25, -0.2) is 0 Å². The minimum atomic E-state index is -0.538. The van der Waals surface area contributed by atoms with Gasteiger partial charge in [-0.1, -0.05) is 20.8 Å². The van der Waals surface area contributed by atoms with Crippen molar-refractivity contribution >= 4 is 5.91 Å². The quantitative estimate of drug-likeness (QED) is 0.609. The van der Waals surface area contributed by atoms with Crippen LogP contribution in [0.25, 0.3) is 0 Å². The molecule has 0 aliphatic carbocycles. The second-order valence-corrected chi connectivity index (χ2v) is 5.48. The van der Waals surface area contributed by atoms with E-state index in [1.54, 1.807) is 0 Å². The highest BCUT2D eigenvalue weighted by Gasteiger charge is 2.27. The summed E-state index contributed by atoms with van der Waals surface area (Å²) in [4.78, 5) is 11.9. The van der Waals surface area contributed by atoms with E-state index >= 15 is 0 Å². The van der Waals surface area contributed by atoms with E-state index in [-0.39, 0.29) is 17.9 Å². The third-order valence-corrected chi connectivity index (χ3v) is 2.70. The monoisotopic (exact) mass is 230 g/mol. The van der Waals surface area contributed by atoms with Gasteiger partial charge in [0.05, 0.1) is 5.54 Å². The van der Waals surface area contributed by atoms with Crippen molar-refractivity contribution in [2.45, 2.75) is 46.6 Å². The fraction of sp³-hybridized carbons (Fsp3) is 0.917. The van der Waals surface area contributed by atoms with Gasteiger partial charge in [0, 0.05) is 13.2 Å². The maximum Gasteiger partial charge on any atom is 0.239 e. The van der Waals surface area contributed by atoms with Crippen molar-refractivity contribution in [1.82, 2.24) is 10.6 Å². The number of hydrogen-bond acceptors (Lipinski definition) is 3. The van der Waals surface area contributed by atoms with Crippen molar-refractivity contribution in [3.05, 3.63) is 0 Å². The minimum absolute atomic E-state index is 0.000338. The van der Waals surface area contributed by atoms with Gasteiger partial charge >= 0.3 is 0 Å². The van der Waals surface area contributed by atoms with Gasteiger partial charge in [0.25, 0.3) is 0 Å². The van der Waals surface area contributed by atoms with Crippen LogP contribution in [0.4, 0.5) is 0 Å². The fourth-order valence-corrected chi connectivity index (χ4v) is 1.45. The zero-order valence-corrected chi connectivity index (χ0v) is 11.2. The molecule has 0 radical (unpaired) electrons. The predicted octanol–water partition coefficient (Wildman–Crippen LogP) is 0.899. The van der Waals surface area contributed by atoms with E-state index < -0.39 is 5.54 Å². The van der Waals surface area contributed by atoms with Crippen LogP contribution in [0.2, 0.25) is 0 Å². The van der Waals surface area contributed by atoms with Gasteiger partial charge in [0.15, 0.2) is 0 Å². The molecule has 0 heterocycles. The summed E-state index contributed by atoms with van der Waals surface area (Å²) in [6, 6.07) is 0. The summed E-state index contributed by atoms with van der Waals surface area (Å²) < 4.78 is 0. The highest BCUT2D eigenvalue weighted by molar-refractivity contribution is 5.85. The normalized spacial score (nSPS) is 12.6. The summed E-state index contributed by atoms with van der Waals surface area (Å²) in [6.07, 6.45) is 0.689. The maximum absolute atomic E-state index is 11.9. The van der Waals surface area contributed by atoms with Gasteiger partial charge in [-0.15, -0.1) is 0 Å². The standard InChI is InChI=1S/C12H26N2O2/c1-6-14-12(4,5)10(16)13-9-11(2,3)7-8-15/h14-15H,6-9H2,1-5H3,(H,13,16). The zero-order valence-electron chi connectivity index (χ0n) is 11.2. The lowest BCUT2D eigenvalue weighted by atomic mass is 9.89. The Morgan fingerprint density at radius 3 is 2.25 bits per heavy atom. The molecule has 0 fully saturated rings. The van der Waals surface area contributed by atoms with Crippen molar-refractivity contribution in [3.8, 4) is 0 Å². The van der Waals surface area contributed by atoms with Crippen LogP contribution < -0.4 is 10.6 Å². The zero-order chi connectivity index (χ0) is 12.8. The molecule has 0 aromatic heterocycles. The van der Waals surface area contributed by atoms with E-state index in [4.69, 9.17) is 5.11 Å². The number of rotatable bonds is 7. The lowest BCUT2D eigenvalue weighted by molar-refractivity contribution is -0.126. The maximum atomic E-state index is 11.9. The van der Waals surface area contributed by atoms with E-state index in [9.17, 15) is 4.79 Å². The number of hydrogen-bond donors (Lipinski definition) is 3. The Labute approximate surface area is 98.8 Å². The summed E-state index contributed by atoms with van der Waals surface area (Å²) in [6.45, 7) is 11.3. The second kappa shape index (κ2) is 6.21. The predicted molar refractivity (Wildman–Crippen MR) is 66.2 cm³/mol. The van der Waals surface area contributed by atoms with Crippen LogP contribution in [0.15, 0.2) is 0 Å². The van der Waals surface area contributed by atoms with Crippen LogP contribution >= 0.6 is 0 Å². The summed E-state index contributed by atoms with van der Waals surface area (Å²) in [5, 5.41) is 14.9. The molecule has 0 atom stereocenters. The first-order valence-electron chi connectivity index (χ1n) is 5.89. The lowest BCUT2D eigenvalue weighted by Gasteiger charge is -2.29. The summed E-state index contributed by atoms with van der Waals surface area (Å²) >= 11 is 0. The molecule has 16 heavy (non-hydrogen) atoms. The molecule has 0 saturated heterocycles. The molecule has 0 saturated carbocycles. The molecule has 0 spiro atoms. The van der Waals surface area contributed by atoms with Crippen molar-refractivity contribution in [1.29, 1.82) is 0 Å². The highest BCUT2D eigenvalue weighted by Crippen LogP contribution is 2.18. The average Bonchev–Trinajstić information content (AvgIpc) is 2.14. The van der Waals surface area contributed by atoms with Gasteiger partial charge in [0.2, 0.25) is 5.91 Å². The van der Waals surface area contributed by atoms with Crippen LogP contribution in [0.5, 0.6) is 0 Å². The van der Waals surface area contributed by atoms with E-state index in [2.05, 4.69) is 10.6 Å². The molecule has 4 heteroatoms. The van der Waals surface area contributed by atoms with Crippen molar-refractivity contribution in [3.63, 3.8) is 0 Å². The molecular formula is C12H26N2O2. The van der Waals surface area contributed by atoms with E-state index in [0.717, 1.165) is 6.54 Å². The Morgan fingerprint density at radius 1 is 1.25 bits per heavy atom. The smallest absolute Gasteiger partial charge is 0.239 e. The molecule has 0 aromatic carbocycles. The second-order valence-electron chi connectivity index (χ2n) is 5.48. The number of nitrogens with one attached hydrogen (secondary N) is 2. The van der Waals surface area contributed by atoms with Gasteiger partial charge in [-0.3, -0.25) is 4.79 Å². The third-order valence-electron chi connectivity index (χ3n) is 2.70. The molecule has 0 unspecified atom stereocenters. The van der Waals surface area contributed by atoms with Crippen molar-refractivity contribution in [2.24, 2.45) is 5.41 Å². The van der Waals surface area contributed by atoms with Crippen LogP contribution in [-0.4, -0.2) is 36.2 Å². The van der Waals surface area contributed by atoms with Crippen molar-refractivity contribution in [2.75, 3.05) is 19.7 Å². The Morgan fingerprint density at radius 2 is 1.81 bits per heavy atom. The first kappa shape index (κ1) is 15.4. The number of aliphatic hydroxyl groups excluding tert-OH is 1. The molecule has 0 aliphatic rings. The van der Waals surface area contributed by atoms with Crippen LogP contribution in [0.3, 0.4) is 0 Å². The van der Waals surface area contributed by atoms with E-state index in [1.165, 1.54) is 0 Å². The first-order chi connectivity index (χ1) is 7.25. The molecule has 0 rings (SSSR count). The Kier molecular flexibility index (Phi) is 5.97. The molecule has 3 N–H and O–H groups in total. The van der Waals surface area contributed by atoms with Gasteiger partial charge < -0.3 is 15.7 Å². The van der Waals surface area contributed by atoms with E-state index in [1.807, 2.05) is 34.6 Å². The SMILES string of the molecule is CCNC(C)(C)C(=O)NCC(C)(C)CCO. The molecule has 0 aromatic rings. The summed E-state index contributed by atoms with van der Waals surface area (Å²) in [7, 11) is 0. The van der Waals surface area contributed by atoms with Crippen molar-refractivity contribution < 1.29 is 9.90 Å². The summed E-state index contributed by atoms with van der Waals surface area (Å²) in [5.74, 6) is 0.000338. The number of carbonyl (C=O) groups excluding carboxylic acids is 1. The molecule has 0 bridgehead atoms. The van der Waals surface area contributed by atoms with Gasteiger partial charge in [0.1, 0.15) is 0 Å². The topological polar surface area (TPSA) is 61.4 Å². The molecule has 96 valence electrons. The summed E-state index contributed by atoms with van der Waals surface area (Å²) in [5.41, 5.74) is -0.600. The molecule has 0 aliphatic heterocycles. The van der Waals surface area contributed by atoms with Gasteiger partial charge in [-0.05, 0) is 32.2 Å². The fourth-order valence-electron chi connectivity index (χ4n) is 1.45. The number of likely N-dealkylation sites (N-methyl/N-ethyl adjacent to an activating group) is 1. The van der Waals surface area contributed by atoms with Crippen LogP contribution in [0, 0.1) is 5.41 Å². The van der Waals surface area contributed by atoms with Crippen LogP contribution in [-0.2, 0) is 4.79 Å². The molecule has 4 nitrogen and oxygen atoms in total. The number of carbonyl (C=O) groups is 1. The van der Waals surface area contributed by atoms with Crippen LogP contribution in [0.1, 0.15) is 41.0 Å². The highest BCUT2D eigenvalue weighted by atomic mass is 16.3. The number of aliphatic hydroxyl groups is 1. The average molecular weight is 230 g/mol.